The van der Waals surface area contributed by atoms with Gasteiger partial charge in [0.05, 0.1) is 0 Å². The first-order chi connectivity index (χ1) is 10.8. The molecule has 0 aromatic carbocycles. The van der Waals surface area contributed by atoms with E-state index in [-0.39, 0.29) is 19.2 Å². The Kier molecular flexibility index (Phi) is 11.5. The van der Waals surface area contributed by atoms with Crippen LogP contribution in [0, 0.1) is 0 Å². The molecule has 0 aliphatic carbocycles. The first-order valence-electron chi connectivity index (χ1n) is 9.63. The lowest BCUT2D eigenvalue weighted by Gasteiger charge is -2.07. The molecule has 1 saturated heterocycles. The molecule has 1 fully saturated rings. The van der Waals surface area contributed by atoms with Crippen molar-refractivity contribution in [3.8, 4) is 0 Å². The van der Waals surface area contributed by atoms with Crippen LogP contribution in [0.3, 0.4) is 0 Å². The van der Waals surface area contributed by atoms with E-state index >= 15 is 0 Å². The van der Waals surface area contributed by atoms with Crippen molar-refractivity contribution in [1.29, 1.82) is 0 Å². The van der Waals surface area contributed by atoms with Gasteiger partial charge in [-0.1, -0.05) is 90.9 Å². The van der Waals surface area contributed by atoms with Gasteiger partial charge in [0, 0.05) is 0 Å². The van der Waals surface area contributed by atoms with Gasteiger partial charge in [-0.2, -0.15) is 0 Å². The summed E-state index contributed by atoms with van der Waals surface area (Å²) in [5, 5.41) is 0. The van der Waals surface area contributed by atoms with Gasteiger partial charge in [0.25, 0.3) is 0 Å². The fraction of sp³-hybridized carbons (Fsp3) is 0.944. The third kappa shape index (κ3) is 8.82. The Labute approximate surface area is 137 Å². The third-order valence-corrected chi connectivity index (χ3v) is 4.44. The summed E-state index contributed by atoms with van der Waals surface area (Å²) in [5.41, 5.74) is 0. The summed E-state index contributed by atoms with van der Waals surface area (Å²) in [4.78, 5) is 11.7. The zero-order valence-electron chi connectivity index (χ0n) is 14.8. The topological polar surface area (TPSA) is 35.5 Å². The Morgan fingerprint density at radius 3 is 1.95 bits per heavy atom. The lowest BCUT2D eigenvalue weighted by molar-refractivity contribution is -0.136. The summed E-state index contributed by atoms with van der Waals surface area (Å²) in [5.74, 6) is -0.142. The molecule has 1 aliphatic rings. The largest absolute Gasteiger partial charge is 0.527 e. The highest BCUT2D eigenvalue weighted by atomic mass is 16.7. The molecule has 1 rings (SSSR count). The number of unbranched alkanes of at least 4 members (excludes halogenated alkanes) is 10. The predicted molar refractivity (Wildman–Crippen MR) is 92.9 cm³/mol. The second kappa shape index (κ2) is 13.0. The lowest BCUT2D eigenvalue weighted by Crippen LogP contribution is -2.17. The van der Waals surface area contributed by atoms with Gasteiger partial charge in [0.15, 0.2) is 0 Å². The van der Waals surface area contributed by atoms with E-state index in [1.165, 1.54) is 57.8 Å². The molecule has 0 radical (unpaired) electrons. The smallest absolute Gasteiger partial charge is 0.508 e. The van der Waals surface area contributed by atoms with Gasteiger partial charge in [-0.15, -0.1) is 0 Å². The summed E-state index contributed by atoms with van der Waals surface area (Å²) < 4.78 is 10.9. The normalized spacial score (nSPS) is 18.0. The van der Waals surface area contributed by atoms with Gasteiger partial charge in [-0.05, 0) is 12.7 Å². The highest BCUT2D eigenvalue weighted by molar-refractivity contribution is 6.48. The first kappa shape index (κ1) is 19.5. The molecule has 0 spiro atoms. The lowest BCUT2D eigenvalue weighted by atomic mass is 9.83. The summed E-state index contributed by atoms with van der Waals surface area (Å²) in [7, 11) is -0.277. The molecule has 1 atom stereocenters. The van der Waals surface area contributed by atoms with Gasteiger partial charge < -0.3 is 9.31 Å². The maximum absolute atomic E-state index is 11.7. The average Bonchev–Trinajstić information content (AvgIpc) is 2.87. The second-order valence-electron chi connectivity index (χ2n) is 6.60. The van der Waals surface area contributed by atoms with E-state index in [2.05, 4.69) is 13.8 Å². The van der Waals surface area contributed by atoms with Crippen molar-refractivity contribution in [2.45, 2.75) is 110 Å². The van der Waals surface area contributed by atoms with Crippen molar-refractivity contribution < 1.29 is 14.1 Å². The van der Waals surface area contributed by atoms with Gasteiger partial charge in [-0.3, -0.25) is 4.79 Å². The van der Waals surface area contributed by atoms with Crippen LogP contribution < -0.4 is 0 Å². The quantitative estimate of drug-likeness (QED) is 0.313. The Hall–Kier alpha value is -0.505. The third-order valence-electron chi connectivity index (χ3n) is 4.44. The molecule has 0 saturated carbocycles. The Bertz CT molecular complexity index is 284. The van der Waals surface area contributed by atoms with E-state index in [0.717, 1.165) is 32.0 Å². The van der Waals surface area contributed by atoms with Crippen molar-refractivity contribution in [2.75, 3.05) is 0 Å². The van der Waals surface area contributed by atoms with Gasteiger partial charge in [0.1, 0.15) is 6.10 Å². The Balaban J connectivity index is 1.91. The van der Waals surface area contributed by atoms with Crippen LogP contribution in [0.1, 0.15) is 97.3 Å². The second-order valence-corrected chi connectivity index (χ2v) is 6.60. The molecule has 0 N–H and O–H groups in total. The summed E-state index contributed by atoms with van der Waals surface area (Å²) in [6.07, 6.45) is 16.7. The minimum Gasteiger partial charge on any atom is -0.508 e. The molecule has 1 heterocycles. The molecule has 1 unspecified atom stereocenters. The number of rotatable bonds is 14. The first-order valence-corrected chi connectivity index (χ1v) is 9.63. The van der Waals surface area contributed by atoms with E-state index in [4.69, 9.17) is 9.31 Å². The number of hydrogen-bond donors (Lipinski definition) is 0. The summed E-state index contributed by atoms with van der Waals surface area (Å²) in [6.45, 7) is 4.40. The fourth-order valence-corrected chi connectivity index (χ4v) is 2.97. The monoisotopic (exact) mass is 310 g/mol. The zero-order chi connectivity index (χ0) is 16.0. The molecule has 22 heavy (non-hydrogen) atoms. The van der Waals surface area contributed by atoms with E-state index in [1.54, 1.807) is 0 Å². The minimum atomic E-state index is -0.295. The number of carbonyl (C=O) groups excluding carboxylic acids is 1. The summed E-state index contributed by atoms with van der Waals surface area (Å²) >= 11 is 0. The minimum absolute atomic E-state index is 0.142. The van der Waals surface area contributed by atoms with Gasteiger partial charge in [-0.25, -0.2) is 0 Å². The van der Waals surface area contributed by atoms with Crippen LogP contribution in [0.2, 0.25) is 6.32 Å². The molecule has 0 bridgehead atoms. The molecular formula is C18H35BO3. The highest BCUT2D eigenvalue weighted by Crippen LogP contribution is 2.20. The van der Waals surface area contributed by atoms with E-state index < -0.39 is 0 Å². The van der Waals surface area contributed by atoms with Crippen LogP contribution in [0.4, 0.5) is 0 Å². The van der Waals surface area contributed by atoms with Crippen LogP contribution in [0.15, 0.2) is 0 Å². The van der Waals surface area contributed by atoms with Crippen LogP contribution in [-0.2, 0) is 14.1 Å². The van der Waals surface area contributed by atoms with Crippen LogP contribution in [-0.4, -0.2) is 19.2 Å². The average molecular weight is 310 g/mol. The van der Waals surface area contributed by atoms with Crippen molar-refractivity contribution in [3.63, 3.8) is 0 Å². The Morgan fingerprint density at radius 2 is 1.36 bits per heavy atom. The van der Waals surface area contributed by atoms with Crippen LogP contribution in [0.25, 0.3) is 0 Å². The highest BCUT2D eigenvalue weighted by Gasteiger charge is 2.38. The summed E-state index contributed by atoms with van der Waals surface area (Å²) in [6, 6.07) is 0. The molecule has 0 amide bonds. The molecular weight excluding hydrogens is 275 g/mol. The van der Waals surface area contributed by atoms with Crippen molar-refractivity contribution in [3.05, 3.63) is 0 Å². The van der Waals surface area contributed by atoms with Gasteiger partial charge in [0.2, 0.25) is 0 Å². The molecule has 128 valence electrons. The van der Waals surface area contributed by atoms with E-state index in [1.807, 2.05) is 0 Å². The van der Waals surface area contributed by atoms with Crippen LogP contribution in [0.5, 0.6) is 0 Å². The molecule has 1 aliphatic heterocycles. The maximum Gasteiger partial charge on any atom is 0.527 e. The predicted octanol–water partition coefficient (Wildman–Crippen LogP) is 5.53. The number of carbonyl (C=O) groups is 1. The zero-order valence-corrected chi connectivity index (χ0v) is 14.8. The van der Waals surface area contributed by atoms with Gasteiger partial charge >= 0.3 is 13.1 Å². The molecule has 0 aromatic rings. The maximum atomic E-state index is 11.7. The molecule has 0 aromatic heterocycles. The van der Waals surface area contributed by atoms with Crippen molar-refractivity contribution >= 4 is 13.1 Å². The van der Waals surface area contributed by atoms with E-state index in [0.29, 0.717) is 0 Å². The Morgan fingerprint density at radius 1 is 0.818 bits per heavy atom. The van der Waals surface area contributed by atoms with E-state index in [9.17, 15) is 4.79 Å². The van der Waals surface area contributed by atoms with Crippen LogP contribution >= 0.6 is 0 Å². The SMILES string of the molecule is CCCCCCCCCCCCC1OB(CCCC)OC1=O. The molecule has 3 nitrogen and oxygen atoms in total. The van der Waals surface area contributed by atoms with Crippen molar-refractivity contribution in [2.24, 2.45) is 0 Å². The van der Waals surface area contributed by atoms with Crippen molar-refractivity contribution in [1.82, 2.24) is 0 Å². The molecule has 4 heteroatoms. The fourth-order valence-electron chi connectivity index (χ4n) is 2.97. The standard InChI is InChI=1S/C18H35BO3/c1-3-5-7-8-9-10-11-12-13-14-15-17-18(20)22-19(21-17)16-6-4-2/h17H,3-16H2,1-2H3. The number of hydrogen-bond acceptors (Lipinski definition) is 3.